The van der Waals surface area contributed by atoms with Gasteiger partial charge in [0.1, 0.15) is 0 Å². The van der Waals surface area contributed by atoms with E-state index in [4.69, 9.17) is 0 Å². The molecule has 9 heteroatoms. The monoisotopic (exact) mass is 486 g/mol. The lowest BCUT2D eigenvalue weighted by Gasteiger charge is -2.12. The van der Waals surface area contributed by atoms with Gasteiger partial charge < -0.3 is 16.0 Å². The molecule has 0 atom stereocenters. The summed E-state index contributed by atoms with van der Waals surface area (Å²) in [4.78, 5) is 15.8. The Balaban J connectivity index is 0.00000625. The molecule has 0 aromatic heterocycles. The molecule has 148 valence electrons. The van der Waals surface area contributed by atoms with Gasteiger partial charge in [0, 0.05) is 25.2 Å². The van der Waals surface area contributed by atoms with Crippen LogP contribution in [0, 0.1) is 0 Å². The number of alkyl halides is 3. The van der Waals surface area contributed by atoms with Crippen molar-refractivity contribution < 1.29 is 18.0 Å². The zero-order valence-electron chi connectivity index (χ0n) is 14.9. The van der Waals surface area contributed by atoms with Crippen LogP contribution in [0.15, 0.2) is 29.3 Å². The van der Waals surface area contributed by atoms with Crippen LogP contribution >= 0.6 is 24.0 Å². The molecule has 1 rings (SSSR count). The second kappa shape index (κ2) is 12.8. The number of hydrogen-bond acceptors (Lipinski definition) is 2. The van der Waals surface area contributed by atoms with Gasteiger partial charge in [-0.2, -0.15) is 13.2 Å². The predicted molar refractivity (Wildman–Crippen MR) is 109 cm³/mol. The zero-order chi connectivity index (χ0) is 18.7. The summed E-state index contributed by atoms with van der Waals surface area (Å²) in [7, 11) is 0. The number of rotatable bonds is 8. The molecule has 1 aromatic carbocycles. The number of hydrogen-bond donors (Lipinski definition) is 3. The maximum Gasteiger partial charge on any atom is 0.390 e. The summed E-state index contributed by atoms with van der Waals surface area (Å²) in [5.41, 5.74) is 1.60. The first-order valence-corrected chi connectivity index (χ1v) is 8.31. The summed E-state index contributed by atoms with van der Waals surface area (Å²) in [6, 6.07) is 7.21. The van der Waals surface area contributed by atoms with Crippen LogP contribution < -0.4 is 16.0 Å². The highest BCUT2D eigenvalue weighted by Crippen LogP contribution is 2.18. The average Bonchev–Trinajstić information content (AvgIpc) is 2.53. The van der Waals surface area contributed by atoms with Crippen molar-refractivity contribution in [3.63, 3.8) is 0 Å². The number of nitrogens with zero attached hydrogens (tertiary/aromatic N) is 1. The third kappa shape index (κ3) is 11.2. The molecular weight excluding hydrogens is 460 g/mol. The summed E-state index contributed by atoms with van der Waals surface area (Å²) in [5.74, 6) is 0.309. The van der Waals surface area contributed by atoms with E-state index in [2.05, 4.69) is 20.9 Å². The molecule has 1 amide bonds. The van der Waals surface area contributed by atoms with Crippen LogP contribution in [-0.4, -0.2) is 31.1 Å². The lowest BCUT2D eigenvalue weighted by Crippen LogP contribution is -2.38. The van der Waals surface area contributed by atoms with Gasteiger partial charge in [-0.05, 0) is 31.0 Å². The SMILES string of the molecule is CCCC(=O)Nc1ccc(CN=C(NCC)NCCC(F)(F)F)cc1.I. The van der Waals surface area contributed by atoms with Gasteiger partial charge in [0.2, 0.25) is 5.91 Å². The minimum atomic E-state index is -4.19. The van der Waals surface area contributed by atoms with Crippen LogP contribution in [0.4, 0.5) is 18.9 Å². The first kappa shape index (κ1) is 24.5. The van der Waals surface area contributed by atoms with Gasteiger partial charge in [0.25, 0.3) is 0 Å². The quantitative estimate of drug-likeness (QED) is 0.295. The van der Waals surface area contributed by atoms with E-state index in [0.29, 0.717) is 31.2 Å². The van der Waals surface area contributed by atoms with E-state index in [1.54, 1.807) is 12.1 Å². The highest BCUT2D eigenvalue weighted by atomic mass is 127. The number of anilines is 1. The summed E-state index contributed by atoms with van der Waals surface area (Å²) in [6.07, 6.45) is -3.85. The standard InChI is InChI=1S/C17H25F3N4O.HI/c1-3-5-15(25)24-14-8-6-13(7-9-14)12-23-16(21-4-2)22-11-10-17(18,19)20;/h6-9H,3-5,10-12H2,1-2H3,(H,24,25)(H2,21,22,23);1H. The Morgan fingerprint density at radius 3 is 2.31 bits per heavy atom. The second-order valence-corrected chi connectivity index (χ2v) is 5.48. The van der Waals surface area contributed by atoms with Crippen molar-refractivity contribution in [2.24, 2.45) is 4.99 Å². The van der Waals surface area contributed by atoms with E-state index < -0.39 is 12.6 Å². The fraction of sp³-hybridized carbons (Fsp3) is 0.529. The van der Waals surface area contributed by atoms with Gasteiger partial charge in [-0.1, -0.05) is 19.1 Å². The molecule has 0 saturated carbocycles. The van der Waals surface area contributed by atoms with Crippen LogP contribution in [0.3, 0.4) is 0 Å². The van der Waals surface area contributed by atoms with Gasteiger partial charge in [-0.25, -0.2) is 4.99 Å². The Labute approximate surface area is 169 Å². The summed E-state index contributed by atoms with van der Waals surface area (Å²) < 4.78 is 36.6. The minimum absolute atomic E-state index is 0. The Hall–Kier alpha value is -1.52. The van der Waals surface area contributed by atoms with Crippen molar-refractivity contribution in [1.29, 1.82) is 0 Å². The van der Waals surface area contributed by atoms with E-state index in [9.17, 15) is 18.0 Å². The molecule has 0 aliphatic heterocycles. The summed E-state index contributed by atoms with van der Waals surface area (Å²) in [5, 5.41) is 8.36. The molecule has 0 bridgehead atoms. The number of aliphatic imine (C=N–C) groups is 1. The van der Waals surface area contributed by atoms with Gasteiger partial charge in [0.15, 0.2) is 5.96 Å². The van der Waals surface area contributed by atoms with Crippen molar-refractivity contribution in [3.05, 3.63) is 29.8 Å². The first-order valence-electron chi connectivity index (χ1n) is 8.31. The Morgan fingerprint density at radius 1 is 1.12 bits per heavy atom. The van der Waals surface area contributed by atoms with Crippen molar-refractivity contribution >= 4 is 41.5 Å². The molecule has 0 radical (unpaired) electrons. The molecular formula is C17H26F3IN4O. The smallest absolute Gasteiger partial charge is 0.357 e. The van der Waals surface area contributed by atoms with E-state index in [1.165, 1.54) is 0 Å². The van der Waals surface area contributed by atoms with Crippen LogP contribution in [0.2, 0.25) is 0 Å². The molecule has 3 N–H and O–H groups in total. The molecule has 0 heterocycles. The lowest BCUT2D eigenvalue weighted by atomic mass is 10.2. The summed E-state index contributed by atoms with van der Waals surface area (Å²) >= 11 is 0. The first-order chi connectivity index (χ1) is 11.8. The second-order valence-electron chi connectivity index (χ2n) is 5.48. The maximum absolute atomic E-state index is 12.2. The largest absolute Gasteiger partial charge is 0.390 e. The van der Waals surface area contributed by atoms with Crippen molar-refractivity contribution in [3.8, 4) is 0 Å². The topological polar surface area (TPSA) is 65.5 Å². The van der Waals surface area contributed by atoms with E-state index >= 15 is 0 Å². The van der Waals surface area contributed by atoms with Crippen molar-refractivity contribution in [2.75, 3.05) is 18.4 Å². The third-order valence-electron chi connectivity index (χ3n) is 3.18. The fourth-order valence-corrected chi connectivity index (χ4v) is 1.98. The van der Waals surface area contributed by atoms with Crippen molar-refractivity contribution in [1.82, 2.24) is 10.6 Å². The molecule has 0 fully saturated rings. The number of guanidine groups is 1. The third-order valence-corrected chi connectivity index (χ3v) is 3.18. The van der Waals surface area contributed by atoms with Gasteiger partial charge in [-0.3, -0.25) is 4.79 Å². The highest BCUT2D eigenvalue weighted by Gasteiger charge is 2.26. The molecule has 0 spiro atoms. The normalized spacial score (nSPS) is 11.5. The van der Waals surface area contributed by atoms with Crippen LogP contribution in [0.25, 0.3) is 0 Å². The molecule has 0 saturated heterocycles. The molecule has 0 aliphatic carbocycles. The van der Waals surface area contributed by atoms with E-state index in [0.717, 1.165) is 12.0 Å². The number of halogens is 4. The Bertz CT molecular complexity index is 562. The number of carbonyl (C=O) groups is 1. The lowest BCUT2D eigenvalue weighted by molar-refractivity contribution is -0.132. The predicted octanol–water partition coefficient (Wildman–Crippen LogP) is 4.05. The van der Waals surface area contributed by atoms with Crippen molar-refractivity contribution in [2.45, 2.75) is 45.8 Å². The Kier molecular flexibility index (Phi) is 12.0. The Morgan fingerprint density at radius 2 is 1.77 bits per heavy atom. The van der Waals surface area contributed by atoms with Gasteiger partial charge in [0.05, 0.1) is 13.0 Å². The van der Waals surface area contributed by atoms with Gasteiger partial charge >= 0.3 is 6.18 Å². The maximum atomic E-state index is 12.2. The highest BCUT2D eigenvalue weighted by molar-refractivity contribution is 14.0. The molecule has 0 unspecified atom stereocenters. The molecule has 1 aromatic rings. The number of amides is 1. The summed E-state index contributed by atoms with van der Waals surface area (Å²) in [6.45, 7) is 4.43. The molecule has 0 aliphatic rings. The van der Waals surface area contributed by atoms with E-state index in [-0.39, 0.29) is 36.4 Å². The van der Waals surface area contributed by atoms with Gasteiger partial charge in [-0.15, -0.1) is 24.0 Å². The minimum Gasteiger partial charge on any atom is -0.357 e. The average molecular weight is 486 g/mol. The van der Waals surface area contributed by atoms with E-state index in [1.807, 2.05) is 26.0 Å². The number of benzene rings is 1. The molecule has 26 heavy (non-hydrogen) atoms. The van der Waals surface area contributed by atoms with Crippen LogP contribution in [0.5, 0.6) is 0 Å². The number of nitrogens with one attached hydrogen (secondary N) is 3. The van der Waals surface area contributed by atoms with Crippen LogP contribution in [0.1, 0.15) is 38.7 Å². The number of carbonyl (C=O) groups excluding carboxylic acids is 1. The van der Waals surface area contributed by atoms with Crippen LogP contribution in [-0.2, 0) is 11.3 Å². The fourth-order valence-electron chi connectivity index (χ4n) is 1.98. The zero-order valence-corrected chi connectivity index (χ0v) is 17.3. The molecule has 5 nitrogen and oxygen atoms in total.